The lowest BCUT2D eigenvalue weighted by Gasteiger charge is -2.08. The van der Waals surface area contributed by atoms with Gasteiger partial charge in [0, 0.05) is 11.5 Å². The molecule has 1 fully saturated rings. The molecule has 0 atom stereocenters. The van der Waals surface area contributed by atoms with E-state index in [4.69, 9.17) is 0 Å². The number of hydrogen-bond donors (Lipinski definition) is 2. The molecule has 1 saturated carbocycles. The van der Waals surface area contributed by atoms with E-state index >= 15 is 0 Å². The second-order valence-corrected chi connectivity index (χ2v) is 5.60. The summed E-state index contributed by atoms with van der Waals surface area (Å²) in [4.78, 5) is 30.6. The SMILES string of the molecule is O=C(O)c1cnn(-c2nc3c(c(=O)[nH]2)CCC3)c1C1CC1. The normalized spacial score (nSPS) is 17.0. The third kappa shape index (κ3) is 1.88. The lowest BCUT2D eigenvalue weighted by atomic mass is 10.2. The Hall–Kier alpha value is -2.44. The molecule has 0 radical (unpaired) electrons. The summed E-state index contributed by atoms with van der Waals surface area (Å²) >= 11 is 0. The lowest BCUT2D eigenvalue weighted by Crippen LogP contribution is -2.19. The molecule has 2 aromatic heterocycles. The average molecular weight is 286 g/mol. The maximum atomic E-state index is 12.1. The molecule has 0 amide bonds. The van der Waals surface area contributed by atoms with Crippen molar-refractivity contribution >= 4 is 5.97 Å². The Labute approximate surface area is 119 Å². The third-order valence-corrected chi connectivity index (χ3v) is 4.13. The number of carboxylic acid groups (broad SMARTS) is 1. The van der Waals surface area contributed by atoms with Gasteiger partial charge in [0.25, 0.3) is 5.56 Å². The van der Waals surface area contributed by atoms with E-state index in [9.17, 15) is 14.7 Å². The molecule has 7 nitrogen and oxygen atoms in total. The van der Waals surface area contributed by atoms with Crippen LogP contribution in [0, 0.1) is 0 Å². The van der Waals surface area contributed by atoms with Gasteiger partial charge < -0.3 is 5.11 Å². The highest BCUT2D eigenvalue weighted by Gasteiger charge is 2.33. The molecule has 7 heteroatoms. The molecule has 2 aliphatic carbocycles. The molecule has 2 heterocycles. The molecular weight excluding hydrogens is 272 g/mol. The summed E-state index contributed by atoms with van der Waals surface area (Å²) in [6, 6.07) is 0. The van der Waals surface area contributed by atoms with Crippen molar-refractivity contribution in [2.24, 2.45) is 0 Å². The zero-order valence-corrected chi connectivity index (χ0v) is 11.3. The van der Waals surface area contributed by atoms with Crippen LogP contribution < -0.4 is 5.56 Å². The Bertz CT molecular complexity index is 801. The van der Waals surface area contributed by atoms with Crippen LogP contribution in [-0.2, 0) is 12.8 Å². The van der Waals surface area contributed by atoms with Crippen molar-refractivity contribution in [1.29, 1.82) is 0 Å². The Morgan fingerprint density at radius 3 is 2.90 bits per heavy atom. The fourth-order valence-electron chi connectivity index (χ4n) is 2.97. The van der Waals surface area contributed by atoms with Gasteiger partial charge in [0.2, 0.25) is 5.95 Å². The first kappa shape index (κ1) is 12.3. The van der Waals surface area contributed by atoms with Crippen molar-refractivity contribution in [2.75, 3.05) is 0 Å². The smallest absolute Gasteiger partial charge is 0.339 e. The van der Waals surface area contributed by atoms with Gasteiger partial charge in [-0.1, -0.05) is 0 Å². The Morgan fingerprint density at radius 2 is 2.19 bits per heavy atom. The first-order chi connectivity index (χ1) is 10.1. The van der Waals surface area contributed by atoms with Gasteiger partial charge in [0.05, 0.1) is 17.6 Å². The van der Waals surface area contributed by atoms with Gasteiger partial charge in [-0.15, -0.1) is 0 Å². The highest BCUT2D eigenvalue weighted by atomic mass is 16.4. The van der Waals surface area contributed by atoms with Gasteiger partial charge in [-0.05, 0) is 32.1 Å². The minimum atomic E-state index is -0.994. The summed E-state index contributed by atoms with van der Waals surface area (Å²) in [5.41, 5.74) is 2.26. The van der Waals surface area contributed by atoms with Crippen LogP contribution in [0.4, 0.5) is 0 Å². The van der Waals surface area contributed by atoms with Crippen LogP contribution in [0.25, 0.3) is 5.95 Å². The molecule has 0 saturated heterocycles. The van der Waals surface area contributed by atoms with E-state index in [0.29, 0.717) is 11.6 Å². The van der Waals surface area contributed by atoms with E-state index in [1.165, 1.54) is 10.9 Å². The number of rotatable bonds is 3. The zero-order valence-electron chi connectivity index (χ0n) is 11.3. The van der Waals surface area contributed by atoms with Crippen LogP contribution in [0.2, 0.25) is 0 Å². The number of hydrogen-bond acceptors (Lipinski definition) is 4. The summed E-state index contributed by atoms with van der Waals surface area (Å²) in [7, 11) is 0. The summed E-state index contributed by atoms with van der Waals surface area (Å²) in [5, 5.41) is 13.4. The van der Waals surface area contributed by atoms with Crippen LogP contribution in [0.5, 0.6) is 0 Å². The molecule has 21 heavy (non-hydrogen) atoms. The van der Waals surface area contributed by atoms with E-state index in [2.05, 4.69) is 15.1 Å². The highest BCUT2D eigenvalue weighted by Crippen LogP contribution is 2.42. The van der Waals surface area contributed by atoms with Gasteiger partial charge in [-0.3, -0.25) is 9.78 Å². The van der Waals surface area contributed by atoms with Crippen LogP contribution >= 0.6 is 0 Å². The minimum absolute atomic E-state index is 0.137. The topological polar surface area (TPSA) is 101 Å². The monoisotopic (exact) mass is 286 g/mol. The minimum Gasteiger partial charge on any atom is -0.478 e. The second kappa shape index (κ2) is 4.28. The maximum Gasteiger partial charge on any atom is 0.339 e. The number of aromatic amines is 1. The van der Waals surface area contributed by atoms with E-state index in [1.807, 2.05) is 0 Å². The number of carboxylic acids is 1. The summed E-state index contributed by atoms with van der Waals surface area (Å²) in [5.74, 6) is -0.473. The van der Waals surface area contributed by atoms with Gasteiger partial charge in [0.15, 0.2) is 0 Å². The number of aromatic nitrogens is 4. The van der Waals surface area contributed by atoms with E-state index in [1.54, 1.807) is 0 Å². The molecular formula is C14H14N4O3. The molecule has 4 rings (SSSR count). The van der Waals surface area contributed by atoms with Crippen molar-refractivity contribution in [1.82, 2.24) is 19.7 Å². The number of fused-ring (bicyclic) bond motifs is 1. The van der Waals surface area contributed by atoms with Crippen LogP contribution in [0.3, 0.4) is 0 Å². The van der Waals surface area contributed by atoms with E-state index in [-0.39, 0.29) is 17.0 Å². The Morgan fingerprint density at radius 1 is 1.38 bits per heavy atom. The van der Waals surface area contributed by atoms with Crippen molar-refractivity contribution in [3.8, 4) is 5.95 Å². The van der Waals surface area contributed by atoms with Crippen molar-refractivity contribution in [3.05, 3.63) is 39.1 Å². The van der Waals surface area contributed by atoms with Gasteiger partial charge in [0.1, 0.15) is 5.56 Å². The van der Waals surface area contributed by atoms with Gasteiger partial charge >= 0.3 is 5.97 Å². The quantitative estimate of drug-likeness (QED) is 0.877. The standard InChI is InChI=1S/C14H14N4O3/c19-12-8-2-1-3-10(8)16-14(17-12)18-11(7-4-5-7)9(6-15-18)13(20)21/h6-7H,1-5H2,(H,20,21)(H,16,17,19). The molecule has 0 aliphatic heterocycles. The Kier molecular flexibility index (Phi) is 2.51. The van der Waals surface area contributed by atoms with Crippen LogP contribution in [-0.4, -0.2) is 30.8 Å². The molecule has 108 valence electrons. The fourth-order valence-corrected chi connectivity index (χ4v) is 2.97. The van der Waals surface area contributed by atoms with Crippen molar-refractivity contribution in [2.45, 2.75) is 38.0 Å². The largest absolute Gasteiger partial charge is 0.478 e. The summed E-state index contributed by atoms with van der Waals surface area (Å²) in [6.45, 7) is 0. The average Bonchev–Trinajstić information content (AvgIpc) is 3.01. The van der Waals surface area contributed by atoms with Crippen LogP contribution in [0.1, 0.15) is 52.5 Å². The number of H-pyrrole nitrogens is 1. The van der Waals surface area contributed by atoms with Gasteiger partial charge in [-0.25, -0.2) is 14.5 Å². The van der Waals surface area contributed by atoms with Crippen LogP contribution in [0.15, 0.2) is 11.0 Å². The fraction of sp³-hybridized carbons (Fsp3) is 0.429. The molecule has 2 aliphatic rings. The van der Waals surface area contributed by atoms with E-state index in [0.717, 1.165) is 43.4 Å². The molecule has 2 N–H and O–H groups in total. The third-order valence-electron chi connectivity index (χ3n) is 4.13. The Balaban J connectivity index is 1.89. The first-order valence-electron chi connectivity index (χ1n) is 7.09. The van der Waals surface area contributed by atoms with Gasteiger partial charge in [-0.2, -0.15) is 5.10 Å². The first-order valence-corrected chi connectivity index (χ1v) is 7.09. The number of nitrogens with zero attached hydrogens (tertiary/aromatic N) is 3. The van der Waals surface area contributed by atoms with Crippen molar-refractivity contribution < 1.29 is 9.90 Å². The number of aromatic carboxylic acids is 1. The maximum absolute atomic E-state index is 12.1. The predicted octanol–water partition coefficient (Wildman–Crippen LogP) is 1.02. The summed E-state index contributed by atoms with van der Waals surface area (Å²) < 4.78 is 1.49. The predicted molar refractivity (Wildman–Crippen MR) is 72.9 cm³/mol. The molecule has 0 unspecified atom stereocenters. The molecule has 0 spiro atoms. The molecule has 0 aromatic carbocycles. The zero-order chi connectivity index (χ0) is 14.6. The number of aryl methyl sites for hydroxylation is 1. The summed E-state index contributed by atoms with van der Waals surface area (Å²) in [6.07, 6.45) is 5.71. The number of nitrogens with one attached hydrogen (secondary N) is 1. The highest BCUT2D eigenvalue weighted by molar-refractivity contribution is 5.89. The molecule has 0 bridgehead atoms. The second-order valence-electron chi connectivity index (χ2n) is 5.60. The lowest BCUT2D eigenvalue weighted by molar-refractivity contribution is 0.0695. The molecule has 2 aromatic rings. The number of carbonyl (C=O) groups is 1. The van der Waals surface area contributed by atoms with Crippen molar-refractivity contribution in [3.63, 3.8) is 0 Å². The van der Waals surface area contributed by atoms with E-state index < -0.39 is 5.97 Å².